The van der Waals surface area contributed by atoms with Crippen molar-refractivity contribution in [2.45, 2.75) is 26.3 Å². The fourth-order valence-electron chi connectivity index (χ4n) is 1.47. The molecule has 1 rings (SSSR count). The summed E-state index contributed by atoms with van der Waals surface area (Å²) < 4.78 is 5.17. The molecule has 17 heavy (non-hydrogen) atoms. The van der Waals surface area contributed by atoms with Crippen LogP contribution in [0, 0.1) is 6.92 Å². The van der Waals surface area contributed by atoms with Crippen molar-refractivity contribution < 1.29 is 14.6 Å². The number of halogens is 1. The van der Waals surface area contributed by atoms with Crippen LogP contribution in [0.25, 0.3) is 0 Å². The van der Waals surface area contributed by atoms with Gasteiger partial charge in [-0.2, -0.15) is 0 Å². The van der Waals surface area contributed by atoms with Crippen LogP contribution in [0.15, 0.2) is 12.1 Å². The van der Waals surface area contributed by atoms with E-state index in [0.717, 1.165) is 5.56 Å². The number of hydrogen-bond donors (Lipinski definition) is 2. The van der Waals surface area contributed by atoms with Gasteiger partial charge in [0.2, 0.25) is 0 Å². The third-order valence-electron chi connectivity index (χ3n) is 2.52. The van der Waals surface area contributed by atoms with Crippen molar-refractivity contribution in [2.24, 2.45) is 0 Å². The summed E-state index contributed by atoms with van der Waals surface area (Å²) in [5.74, 6) is -0.345. The molecule has 0 fully saturated rings. The van der Waals surface area contributed by atoms with Gasteiger partial charge in [-0.3, -0.25) is 0 Å². The molecule has 1 aromatic carbocycles. The van der Waals surface area contributed by atoms with Crippen LogP contribution in [-0.4, -0.2) is 24.2 Å². The number of benzene rings is 1. The highest BCUT2D eigenvalue weighted by molar-refractivity contribution is 6.31. The van der Waals surface area contributed by atoms with Crippen molar-refractivity contribution in [2.75, 3.05) is 12.4 Å². The SMILES string of the molecule is CCC(Nc1cc(C)c(Cl)cc1OC)C(=O)O. The van der Waals surface area contributed by atoms with E-state index in [2.05, 4.69) is 5.32 Å². The quantitative estimate of drug-likeness (QED) is 0.852. The van der Waals surface area contributed by atoms with Crippen molar-refractivity contribution in [3.63, 3.8) is 0 Å². The summed E-state index contributed by atoms with van der Waals surface area (Å²) in [6.07, 6.45) is 0.486. The van der Waals surface area contributed by atoms with Crippen LogP contribution >= 0.6 is 11.6 Å². The van der Waals surface area contributed by atoms with Crippen LogP contribution in [0.3, 0.4) is 0 Å². The van der Waals surface area contributed by atoms with E-state index in [9.17, 15) is 4.79 Å². The number of carboxylic acids is 1. The number of aryl methyl sites for hydroxylation is 1. The molecular formula is C12H16ClNO3. The van der Waals surface area contributed by atoms with Crippen LogP contribution in [0.1, 0.15) is 18.9 Å². The summed E-state index contributed by atoms with van der Waals surface area (Å²) in [5, 5.41) is 12.5. The van der Waals surface area contributed by atoms with E-state index in [0.29, 0.717) is 22.9 Å². The summed E-state index contributed by atoms with van der Waals surface area (Å²) in [6.45, 7) is 3.66. The number of ether oxygens (including phenoxy) is 1. The standard InChI is InChI=1S/C12H16ClNO3/c1-4-9(12(15)16)14-10-5-7(2)8(13)6-11(10)17-3/h5-6,9,14H,4H2,1-3H3,(H,15,16). The Kier molecular flexibility index (Phi) is 4.63. The summed E-state index contributed by atoms with van der Waals surface area (Å²) in [4.78, 5) is 11.0. The lowest BCUT2D eigenvalue weighted by atomic mass is 10.1. The number of carbonyl (C=O) groups is 1. The second-order valence-electron chi connectivity index (χ2n) is 3.75. The first kappa shape index (κ1) is 13.6. The second-order valence-corrected chi connectivity index (χ2v) is 4.15. The average Bonchev–Trinajstić information content (AvgIpc) is 2.29. The van der Waals surface area contributed by atoms with E-state index < -0.39 is 12.0 Å². The Balaban J connectivity index is 3.04. The molecule has 0 radical (unpaired) electrons. The molecule has 1 aromatic rings. The smallest absolute Gasteiger partial charge is 0.326 e. The third-order valence-corrected chi connectivity index (χ3v) is 2.92. The van der Waals surface area contributed by atoms with Crippen molar-refractivity contribution >= 4 is 23.3 Å². The van der Waals surface area contributed by atoms with Gasteiger partial charge in [-0.15, -0.1) is 0 Å². The van der Waals surface area contributed by atoms with E-state index in [-0.39, 0.29) is 0 Å². The molecule has 94 valence electrons. The number of aliphatic carboxylic acids is 1. The topological polar surface area (TPSA) is 58.6 Å². The number of anilines is 1. The molecule has 0 amide bonds. The fraction of sp³-hybridized carbons (Fsp3) is 0.417. The minimum Gasteiger partial charge on any atom is -0.495 e. The van der Waals surface area contributed by atoms with Gasteiger partial charge >= 0.3 is 5.97 Å². The Morgan fingerprint density at radius 2 is 2.24 bits per heavy atom. The molecule has 4 nitrogen and oxygen atoms in total. The average molecular weight is 258 g/mol. The van der Waals surface area contributed by atoms with Crippen molar-refractivity contribution in [1.29, 1.82) is 0 Å². The Morgan fingerprint density at radius 3 is 2.71 bits per heavy atom. The van der Waals surface area contributed by atoms with Gasteiger partial charge in [0.15, 0.2) is 0 Å². The molecule has 0 aliphatic heterocycles. The molecular weight excluding hydrogens is 242 g/mol. The van der Waals surface area contributed by atoms with E-state index in [1.54, 1.807) is 19.1 Å². The van der Waals surface area contributed by atoms with E-state index >= 15 is 0 Å². The summed E-state index contributed by atoms with van der Waals surface area (Å²) in [5.41, 5.74) is 1.51. The lowest BCUT2D eigenvalue weighted by Gasteiger charge is -2.17. The Morgan fingerprint density at radius 1 is 1.59 bits per heavy atom. The predicted molar refractivity (Wildman–Crippen MR) is 68.1 cm³/mol. The maximum Gasteiger partial charge on any atom is 0.326 e. The maximum absolute atomic E-state index is 11.0. The molecule has 0 aliphatic carbocycles. The van der Waals surface area contributed by atoms with Gasteiger partial charge in [-0.25, -0.2) is 4.79 Å². The largest absolute Gasteiger partial charge is 0.495 e. The van der Waals surface area contributed by atoms with Gasteiger partial charge in [-0.1, -0.05) is 18.5 Å². The van der Waals surface area contributed by atoms with Crippen molar-refractivity contribution in [3.8, 4) is 5.75 Å². The monoisotopic (exact) mass is 257 g/mol. The molecule has 1 unspecified atom stereocenters. The van der Waals surface area contributed by atoms with Crippen LogP contribution in [0.2, 0.25) is 5.02 Å². The molecule has 0 heterocycles. The van der Waals surface area contributed by atoms with Crippen LogP contribution in [0.4, 0.5) is 5.69 Å². The maximum atomic E-state index is 11.0. The lowest BCUT2D eigenvalue weighted by Crippen LogP contribution is -2.28. The first-order valence-electron chi connectivity index (χ1n) is 5.33. The molecule has 0 saturated carbocycles. The first-order chi connectivity index (χ1) is 7.99. The Hall–Kier alpha value is -1.42. The Labute approximate surface area is 106 Å². The summed E-state index contributed by atoms with van der Waals surface area (Å²) in [7, 11) is 1.52. The van der Waals surface area contributed by atoms with Gasteiger partial charge in [-0.05, 0) is 25.0 Å². The van der Waals surface area contributed by atoms with Gasteiger partial charge in [0.25, 0.3) is 0 Å². The van der Waals surface area contributed by atoms with Crippen molar-refractivity contribution in [3.05, 3.63) is 22.7 Å². The zero-order chi connectivity index (χ0) is 13.0. The molecule has 0 aromatic heterocycles. The minimum absolute atomic E-state index is 0.486. The van der Waals surface area contributed by atoms with E-state index in [1.165, 1.54) is 7.11 Å². The van der Waals surface area contributed by atoms with Crippen LogP contribution in [-0.2, 0) is 4.79 Å². The highest BCUT2D eigenvalue weighted by Gasteiger charge is 2.17. The number of nitrogens with one attached hydrogen (secondary N) is 1. The molecule has 0 bridgehead atoms. The number of hydrogen-bond acceptors (Lipinski definition) is 3. The van der Waals surface area contributed by atoms with E-state index in [1.807, 2.05) is 6.92 Å². The zero-order valence-electron chi connectivity index (χ0n) is 10.1. The molecule has 1 atom stereocenters. The third kappa shape index (κ3) is 3.27. The van der Waals surface area contributed by atoms with Gasteiger partial charge in [0, 0.05) is 11.1 Å². The van der Waals surface area contributed by atoms with Crippen LogP contribution < -0.4 is 10.1 Å². The van der Waals surface area contributed by atoms with Gasteiger partial charge < -0.3 is 15.2 Å². The predicted octanol–water partition coefficient (Wildman–Crippen LogP) is 2.93. The lowest BCUT2D eigenvalue weighted by molar-refractivity contribution is -0.137. The molecule has 0 aliphatic rings. The molecule has 5 heteroatoms. The van der Waals surface area contributed by atoms with Gasteiger partial charge in [0.1, 0.15) is 11.8 Å². The second kappa shape index (κ2) is 5.77. The fourth-order valence-corrected chi connectivity index (χ4v) is 1.62. The normalized spacial score (nSPS) is 12.0. The number of methoxy groups -OCH3 is 1. The highest BCUT2D eigenvalue weighted by Crippen LogP contribution is 2.31. The summed E-state index contributed by atoms with van der Waals surface area (Å²) >= 11 is 5.97. The van der Waals surface area contributed by atoms with E-state index in [4.69, 9.17) is 21.4 Å². The Bertz CT molecular complexity index is 420. The van der Waals surface area contributed by atoms with Crippen LogP contribution in [0.5, 0.6) is 5.75 Å². The first-order valence-corrected chi connectivity index (χ1v) is 5.70. The summed E-state index contributed by atoms with van der Waals surface area (Å²) in [6, 6.07) is 2.82. The van der Waals surface area contributed by atoms with Crippen molar-refractivity contribution in [1.82, 2.24) is 0 Å². The minimum atomic E-state index is -0.887. The number of rotatable bonds is 5. The highest BCUT2D eigenvalue weighted by atomic mass is 35.5. The number of carboxylic acid groups (broad SMARTS) is 1. The zero-order valence-corrected chi connectivity index (χ0v) is 10.8. The molecule has 2 N–H and O–H groups in total. The molecule has 0 saturated heterocycles. The molecule has 0 spiro atoms. The van der Waals surface area contributed by atoms with Gasteiger partial charge in [0.05, 0.1) is 12.8 Å².